The molecule has 0 aliphatic heterocycles. The first kappa shape index (κ1) is 16.8. The van der Waals surface area contributed by atoms with Gasteiger partial charge in [0.15, 0.2) is 16.7 Å². The van der Waals surface area contributed by atoms with Gasteiger partial charge in [-0.2, -0.15) is 0 Å². The van der Waals surface area contributed by atoms with Gasteiger partial charge in [0.1, 0.15) is 0 Å². The molecular weight excluding hydrogens is 320 g/mol. The molecule has 3 N–H and O–H groups in total. The summed E-state index contributed by atoms with van der Waals surface area (Å²) in [7, 11) is 0. The first-order valence-corrected chi connectivity index (χ1v) is 7.21. The predicted octanol–water partition coefficient (Wildman–Crippen LogP) is 3.20. The summed E-state index contributed by atoms with van der Waals surface area (Å²) in [5, 5.41) is 8.40. The normalized spacial score (nSPS) is 10.0. The number of carbonyl (C=O) groups is 1. The smallest absolute Gasteiger partial charge is 0.243 e. The van der Waals surface area contributed by atoms with Crippen molar-refractivity contribution in [3.8, 4) is 0 Å². The van der Waals surface area contributed by atoms with Crippen molar-refractivity contribution in [1.82, 2.24) is 5.32 Å². The van der Waals surface area contributed by atoms with E-state index in [2.05, 4.69) is 16.0 Å². The quantitative estimate of drug-likeness (QED) is 0.751. The molecule has 7 heteroatoms. The van der Waals surface area contributed by atoms with E-state index in [-0.39, 0.29) is 17.3 Å². The molecule has 0 fully saturated rings. The lowest BCUT2D eigenvalue weighted by atomic mass is 10.2. The van der Waals surface area contributed by atoms with E-state index in [0.717, 1.165) is 23.4 Å². The number of aryl methyl sites for hydroxylation is 1. The molecule has 0 unspecified atom stereocenters. The number of rotatable bonds is 4. The molecule has 0 radical (unpaired) electrons. The number of thiocarbonyl (C=S) groups is 1. The number of carbonyl (C=O) groups excluding carboxylic acids is 1. The maximum atomic E-state index is 13.0. The highest BCUT2D eigenvalue weighted by Crippen LogP contribution is 2.12. The zero-order valence-corrected chi connectivity index (χ0v) is 13.1. The van der Waals surface area contributed by atoms with Gasteiger partial charge in [0.25, 0.3) is 0 Å². The topological polar surface area (TPSA) is 53.2 Å². The van der Waals surface area contributed by atoms with Gasteiger partial charge in [-0.3, -0.25) is 4.79 Å². The van der Waals surface area contributed by atoms with E-state index < -0.39 is 17.5 Å². The minimum atomic E-state index is -1.02. The molecule has 0 atom stereocenters. The van der Waals surface area contributed by atoms with Gasteiger partial charge in [-0.1, -0.05) is 17.7 Å². The SMILES string of the molecule is Cc1ccc(NC(=S)NCC(=O)Nc2ccc(F)c(F)c2)cc1. The number of nitrogens with one attached hydrogen (secondary N) is 3. The second-order valence-corrected chi connectivity index (χ2v) is 5.26. The fourth-order valence-electron chi connectivity index (χ4n) is 1.75. The largest absolute Gasteiger partial charge is 0.353 e. The van der Waals surface area contributed by atoms with Gasteiger partial charge in [0.05, 0.1) is 6.54 Å². The summed E-state index contributed by atoms with van der Waals surface area (Å²) in [5.74, 6) is -2.42. The number of anilines is 2. The Kier molecular flexibility index (Phi) is 5.59. The number of hydrogen-bond acceptors (Lipinski definition) is 2. The van der Waals surface area contributed by atoms with Crippen molar-refractivity contribution < 1.29 is 13.6 Å². The lowest BCUT2D eigenvalue weighted by Gasteiger charge is -2.11. The van der Waals surface area contributed by atoms with Crippen LogP contribution in [0.15, 0.2) is 42.5 Å². The van der Waals surface area contributed by atoms with E-state index in [9.17, 15) is 13.6 Å². The van der Waals surface area contributed by atoms with Crippen LogP contribution in [0.3, 0.4) is 0 Å². The van der Waals surface area contributed by atoms with Crippen LogP contribution < -0.4 is 16.0 Å². The third kappa shape index (κ3) is 5.30. The average molecular weight is 335 g/mol. The molecule has 23 heavy (non-hydrogen) atoms. The van der Waals surface area contributed by atoms with E-state index in [0.29, 0.717) is 0 Å². The highest BCUT2D eigenvalue weighted by molar-refractivity contribution is 7.80. The molecule has 0 heterocycles. The van der Waals surface area contributed by atoms with Crippen molar-refractivity contribution in [3.63, 3.8) is 0 Å². The first-order chi connectivity index (χ1) is 10.9. The van der Waals surface area contributed by atoms with Gasteiger partial charge in [0, 0.05) is 17.4 Å². The molecule has 2 rings (SSSR count). The van der Waals surface area contributed by atoms with Crippen molar-refractivity contribution in [3.05, 3.63) is 59.7 Å². The van der Waals surface area contributed by atoms with Crippen molar-refractivity contribution in [2.24, 2.45) is 0 Å². The Bertz CT molecular complexity index is 720. The standard InChI is InChI=1S/C16H15F2N3OS/c1-10-2-4-11(5-3-10)21-16(23)19-9-15(22)20-12-6-7-13(17)14(18)8-12/h2-8H,9H2,1H3,(H,20,22)(H2,19,21,23). The summed E-state index contributed by atoms with van der Waals surface area (Å²) in [6, 6.07) is 10.7. The van der Waals surface area contributed by atoms with Crippen LogP contribution in [0.5, 0.6) is 0 Å². The Morgan fingerprint density at radius 3 is 2.30 bits per heavy atom. The van der Waals surface area contributed by atoms with Crippen molar-refractivity contribution in [2.75, 3.05) is 17.2 Å². The summed E-state index contributed by atoms with van der Waals surface area (Å²) in [6.07, 6.45) is 0. The lowest BCUT2D eigenvalue weighted by Crippen LogP contribution is -2.35. The highest BCUT2D eigenvalue weighted by atomic mass is 32.1. The monoisotopic (exact) mass is 335 g/mol. The average Bonchev–Trinajstić information content (AvgIpc) is 2.51. The molecule has 2 aromatic rings. The predicted molar refractivity (Wildman–Crippen MR) is 90.4 cm³/mol. The maximum absolute atomic E-state index is 13.0. The molecular formula is C16H15F2N3OS. The van der Waals surface area contributed by atoms with E-state index in [1.165, 1.54) is 6.07 Å². The molecule has 120 valence electrons. The van der Waals surface area contributed by atoms with Gasteiger partial charge in [-0.25, -0.2) is 8.78 Å². The fraction of sp³-hybridized carbons (Fsp3) is 0.125. The van der Waals surface area contributed by atoms with Gasteiger partial charge in [-0.15, -0.1) is 0 Å². The van der Waals surface area contributed by atoms with Crippen LogP contribution in [-0.4, -0.2) is 17.6 Å². The van der Waals surface area contributed by atoms with Crippen LogP contribution in [0.1, 0.15) is 5.56 Å². The number of amides is 1. The maximum Gasteiger partial charge on any atom is 0.243 e. The van der Waals surface area contributed by atoms with Gasteiger partial charge in [0.2, 0.25) is 5.91 Å². The van der Waals surface area contributed by atoms with Gasteiger partial charge in [-0.05, 0) is 43.4 Å². The summed E-state index contributed by atoms with van der Waals surface area (Å²) in [6.45, 7) is 1.87. The Morgan fingerprint density at radius 2 is 1.65 bits per heavy atom. The van der Waals surface area contributed by atoms with E-state index in [4.69, 9.17) is 12.2 Å². The Labute approximate surface area is 137 Å². The third-order valence-corrected chi connectivity index (χ3v) is 3.17. The zero-order chi connectivity index (χ0) is 16.8. The fourth-order valence-corrected chi connectivity index (χ4v) is 1.94. The number of hydrogen-bond donors (Lipinski definition) is 3. The summed E-state index contributed by atoms with van der Waals surface area (Å²) in [4.78, 5) is 11.7. The Morgan fingerprint density at radius 1 is 1.00 bits per heavy atom. The van der Waals surface area contributed by atoms with E-state index >= 15 is 0 Å². The third-order valence-electron chi connectivity index (χ3n) is 2.92. The Hall–Kier alpha value is -2.54. The van der Waals surface area contributed by atoms with E-state index in [1.807, 2.05) is 31.2 Å². The van der Waals surface area contributed by atoms with Crippen LogP contribution in [0.4, 0.5) is 20.2 Å². The second kappa shape index (κ2) is 7.64. The molecule has 1 amide bonds. The molecule has 0 aliphatic rings. The molecule has 0 bridgehead atoms. The molecule has 0 aliphatic carbocycles. The van der Waals surface area contributed by atoms with Crippen LogP contribution >= 0.6 is 12.2 Å². The highest BCUT2D eigenvalue weighted by Gasteiger charge is 2.07. The van der Waals surface area contributed by atoms with Gasteiger partial charge >= 0.3 is 0 Å². The summed E-state index contributed by atoms with van der Waals surface area (Å²) in [5.41, 5.74) is 2.10. The molecule has 2 aromatic carbocycles. The number of halogens is 2. The van der Waals surface area contributed by atoms with E-state index in [1.54, 1.807) is 0 Å². The second-order valence-electron chi connectivity index (χ2n) is 4.85. The minimum absolute atomic E-state index is 0.101. The van der Waals surface area contributed by atoms with Crippen molar-refractivity contribution in [1.29, 1.82) is 0 Å². The Balaban J connectivity index is 1.80. The molecule has 0 aromatic heterocycles. The van der Waals surface area contributed by atoms with Crippen molar-refractivity contribution >= 4 is 34.6 Å². The molecule has 0 saturated carbocycles. The van der Waals surface area contributed by atoms with Crippen LogP contribution in [0, 0.1) is 18.6 Å². The number of benzene rings is 2. The zero-order valence-electron chi connectivity index (χ0n) is 12.3. The van der Waals surface area contributed by atoms with Crippen LogP contribution in [0.2, 0.25) is 0 Å². The van der Waals surface area contributed by atoms with Crippen LogP contribution in [0.25, 0.3) is 0 Å². The van der Waals surface area contributed by atoms with Crippen LogP contribution in [-0.2, 0) is 4.79 Å². The molecule has 0 spiro atoms. The molecule has 0 saturated heterocycles. The minimum Gasteiger partial charge on any atom is -0.353 e. The van der Waals surface area contributed by atoms with Gasteiger partial charge < -0.3 is 16.0 Å². The van der Waals surface area contributed by atoms with Crippen molar-refractivity contribution in [2.45, 2.75) is 6.92 Å². The molecule has 4 nitrogen and oxygen atoms in total. The summed E-state index contributed by atoms with van der Waals surface area (Å²) >= 11 is 5.08. The summed E-state index contributed by atoms with van der Waals surface area (Å²) < 4.78 is 25.8. The lowest BCUT2D eigenvalue weighted by molar-refractivity contribution is -0.115. The first-order valence-electron chi connectivity index (χ1n) is 6.80.